The van der Waals surface area contributed by atoms with E-state index in [1.54, 1.807) is 4.90 Å². The summed E-state index contributed by atoms with van der Waals surface area (Å²) >= 11 is 0. The number of nitrogens with zero attached hydrogens (tertiary/aromatic N) is 1. The molecule has 1 amide bonds. The second kappa shape index (κ2) is 5.83. The highest BCUT2D eigenvalue weighted by atomic mass is 16.5. The Morgan fingerprint density at radius 1 is 1.30 bits per heavy atom. The van der Waals surface area contributed by atoms with Gasteiger partial charge in [-0.1, -0.05) is 13.0 Å². The van der Waals surface area contributed by atoms with Crippen LogP contribution in [0.2, 0.25) is 0 Å². The molecule has 1 aromatic carbocycles. The summed E-state index contributed by atoms with van der Waals surface area (Å²) in [5.74, 6) is 0.858. The average molecular weight is 277 g/mol. The zero-order valence-electron chi connectivity index (χ0n) is 12.5. The second-order valence-electron chi connectivity index (χ2n) is 5.75. The van der Waals surface area contributed by atoms with Crippen LogP contribution in [-0.2, 0) is 4.79 Å². The van der Waals surface area contributed by atoms with E-state index in [-0.39, 0.29) is 5.91 Å². The largest absolute Gasteiger partial charge is 0.493 e. The Kier molecular flexibility index (Phi) is 4.33. The molecule has 1 aliphatic rings. The number of amides is 1. The standard InChI is InChI=1S/C16H23NO3/c1-4-16(19)10-17(11-16)15(18)5-6-20-14-8-12(2)7-13(3)9-14/h7-9,19H,4-6,10-11H2,1-3H3. The lowest BCUT2D eigenvalue weighted by molar-refractivity contribution is -0.156. The molecule has 1 aromatic rings. The van der Waals surface area contributed by atoms with Gasteiger partial charge in [-0.25, -0.2) is 0 Å². The van der Waals surface area contributed by atoms with Gasteiger partial charge in [0.15, 0.2) is 0 Å². The van der Waals surface area contributed by atoms with Crippen LogP contribution >= 0.6 is 0 Å². The minimum Gasteiger partial charge on any atom is -0.493 e. The van der Waals surface area contributed by atoms with Crippen molar-refractivity contribution in [2.75, 3.05) is 19.7 Å². The first-order valence-electron chi connectivity index (χ1n) is 7.13. The van der Waals surface area contributed by atoms with Gasteiger partial charge in [-0.05, 0) is 43.5 Å². The highest BCUT2D eigenvalue weighted by molar-refractivity contribution is 5.77. The van der Waals surface area contributed by atoms with Crippen LogP contribution in [0, 0.1) is 13.8 Å². The molecule has 1 saturated heterocycles. The number of likely N-dealkylation sites (tertiary alicyclic amines) is 1. The smallest absolute Gasteiger partial charge is 0.226 e. The fraction of sp³-hybridized carbons (Fsp3) is 0.562. The van der Waals surface area contributed by atoms with E-state index in [1.807, 2.05) is 32.9 Å². The van der Waals surface area contributed by atoms with Gasteiger partial charge in [0.2, 0.25) is 5.91 Å². The van der Waals surface area contributed by atoms with Gasteiger partial charge in [0.05, 0.1) is 31.7 Å². The van der Waals surface area contributed by atoms with Crippen molar-refractivity contribution in [1.82, 2.24) is 4.90 Å². The first-order chi connectivity index (χ1) is 9.42. The quantitative estimate of drug-likeness (QED) is 0.896. The lowest BCUT2D eigenvalue weighted by Crippen LogP contribution is -2.63. The average Bonchev–Trinajstić information content (AvgIpc) is 2.33. The maximum absolute atomic E-state index is 11.9. The van der Waals surface area contributed by atoms with E-state index in [4.69, 9.17) is 4.74 Å². The summed E-state index contributed by atoms with van der Waals surface area (Å²) in [5.41, 5.74) is 1.65. The summed E-state index contributed by atoms with van der Waals surface area (Å²) in [4.78, 5) is 13.6. The zero-order chi connectivity index (χ0) is 14.8. The molecule has 1 heterocycles. The number of aliphatic hydroxyl groups is 1. The van der Waals surface area contributed by atoms with Crippen LogP contribution in [0.3, 0.4) is 0 Å². The van der Waals surface area contributed by atoms with E-state index >= 15 is 0 Å². The molecule has 0 atom stereocenters. The normalized spacial score (nSPS) is 16.7. The van der Waals surface area contributed by atoms with Crippen molar-refractivity contribution in [3.05, 3.63) is 29.3 Å². The predicted octanol–water partition coefficient (Wildman–Crippen LogP) is 2.06. The lowest BCUT2D eigenvalue weighted by Gasteiger charge is -2.46. The highest BCUT2D eigenvalue weighted by Gasteiger charge is 2.41. The Labute approximate surface area is 120 Å². The minimum absolute atomic E-state index is 0.0486. The molecule has 0 radical (unpaired) electrons. The maximum Gasteiger partial charge on any atom is 0.226 e. The van der Waals surface area contributed by atoms with Crippen LogP contribution in [0.15, 0.2) is 18.2 Å². The molecule has 0 unspecified atom stereocenters. The first-order valence-corrected chi connectivity index (χ1v) is 7.13. The zero-order valence-corrected chi connectivity index (χ0v) is 12.5. The third kappa shape index (κ3) is 3.51. The number of carbonyl (C=O) groups excluding carboxylic acids is 1. The third-order valence-corrected chi connectivity index (χ3v) is 3.76. The molecular weight excluding hydrogens is 254 g/mol. The van der Waals surface area contributed by atoms with Crippen molar-refractivity contribution >= 4 is 5.91 Å². The Balaban J connectivity index is 1.75. The van der Waals surface area contributed by atoms with Crippen molar-refractivity contribution in [1.29, 1.82) is 0 Å². The van der Waals surface area contributed by atoms with Gasteiger partial charge in [0.1, 0.15) is 5.75 Å². The maximum atomic E-state index is 11.9. The molecule has 0 spiro atoms. The number of aryl methyl sites for hydroxylation is 2. The van der Waals surface area contributed by atoms with Crippen LogP contribution in [-0.4, -0.2) is 41.2 Å². The van der Waals surface area contributed by atoms with Crippen molar-refractivity contribution < 1.29 is 14.6 Å². The molecule has 0 bridgehead atoms. The third-order valence-electron chi connectivity index (χ3n) is 3.76. The molecule has 4 nitrogen and oxygen atoms in total. The van der Waals surface area contributed by atoms with E-state index in [0.29, 0.717) is 32.5 Å². The van der Waals surface area contributed by atoms with Crippen molar-refractivity contribution in [3.63, 3.8) is 0 Å². The van der Waals surface area contributed by atoms with E-state index in [2.05, 4.69) is 6.07 Å². The van der Waals surface area contributed by atoms with Crippen molar-refractivity contribution in [2.24, 2.45) is 0 Å². The fourth-order valence-corrected chi connectivity index (χ4v) is 2.49. The Bertz CT molecular complexity index is 472. The van der Waals surface area contributed by atoms with Gasteiger partial charge in [-0.2, -0.15) is 0 Å². The molecule has 2 rings (SSSR count). The van der Waals surface area contributed by atoms with Crippen LogP contribution in [0.5, 0.6) is 5.75 Å². The monoisotopic (exact) mass is 277 g/mol. The van der Waals surface area contributed by atoms with E-state index in [9.17, 15) is 9.90 Å². The summed E-state index contributed by atoms with van der Waals surface area (Å²) in [5, 5.41) is 9.88. The number of β-amino-alcohol motifs (C(OH)–C–C–N with tert-alkyl or cyclic N) is 1. The first kappa shape index (κ1) is 14.9. The molecule has 1 fully saturated rings. The number of ether oxygens (including phenoxy) is 1. The van der Waals surface area contributed by atoms with Crippen molar-refractivity contribution in [3.8, 4) is 5.75 Å². The molecular formula is C16H23NO3. The number of hydrogen-bond acceptors (Lipinski definition) is 3. The molecule has 4 heteroatoms. The Morgan fingerprint density at radius 2 is 1.90 bits per heavy atom. The SMILES string of the molecule is CCC1(O)CN(C(=O)CCOc2cc(C)cc(C)c2)C1. The predicted molar refractivity (Wildman–Crippen MR) is 77.8 cm³/mol. The van der Waals surface area contributed by atoms with Crippen molar-refractivity contribution in [2.45, 2.75) is 39.2 Å². The number of benzene rings is 1. The van der Waals surface area contributed by atoms with Gasteiger partial charge in [-0.3, -0.25) is 4.79 Å². The molecule has 0 aliphatic carbocycles. The van der Waals surface area contributed by atoms with Gasteiger partial charge < -0.3 is 14.7 Å². The molecule has 1 N–H and O–H groups in total. The molecule has 110 valence electrons. The second-order valence-corrected chi connectivity index (χ2v) is 5.75. The van der Waals surface area contributed by atoms with Crippen LogP contribution in [0.25, 0.3) is 0 Å². The van der Waals surface area contributed by atoms with E-state index in [0.717, 1.165) is 16.9 Å². The van der Waals surface area contributed by atoms with Gasteiger partial charge in [-0.15, -0.1) is 0 Å². The van der Waals surface area contributed by atoms with Gasteiger partial charge >= 0.3 is 0 Å². The summed E-state index contributed by atoms with van der Waals surface area (Å²) in [6, 6.07) is 6.03. The summed E-state index contributed by atoms with van der Waals surface area (Å²) in [7, 11) is 0. The van der Waals surface area contributed by atoms with Crippen LogP contribution in [0.1, 0.15) is 30.9 Å². The van der Waals surface area contributed by atoms with Crippen LogP contribution < -0.4 is 4.74 Å². The lowest BCUT2D eigenvalue weighted by atomic mass is 9.91. The highest BCUT2D eigenvalue weighted by Crippen LogP contribution is 2.24. The fourth-order valence-electron chi connectivity index (χ4n) is 2.49. The van der Waals surface area contributed by atoms with Crippen LogP contribution in [0.4, 0.5) is 0 Å². The Hall–Kier alpha value is -1.55. The molecule has 20 heavy (non-hydrogen) atoms. The van der Waals surface area contributed by atoms with Gasteiger partial charge in [0, 0.05) is 0 Å². The molecule has 1 aliphatic heterocycles. The molecule has 0 aromatic heterocycles. The number of rotatable bonds is 5. The Morgan fingerprint density at radius 3 is 2.45 bits per heavy atom. The molecule has 0 saturated carbocycles. The van der Waals surface area contributed by atoms with E-state index < -0.39 is 5.60 Å². The van der Waals surface area contributed by atoms with E-state index in [1.165, 1.54) is 0 Å². The number of carbonyl (C=O) groups is 1. The summed E-state index contributed by atoms with van der Waals surface area (Å²) < 4.78 is 5.63. The van der Waals surface area contributed by atoms with Gasteiger partial charge in [0.25, 0.3) is 0 Å². The topological polar surface area (TPSA) is 49.8 Å². The minimum atomic E-state index is -0.663. The summed E-state index contributed by atoms with van der Waals surface area (Å²) in [6.07, 6.45) is 1.04. The number of hydrogen-bond donors (Lipinski definition) is 1. The summed E-state index contributed by atoms with van der Waals surface area (Å²) in [6.45, 7) is 7.26.